The molecule has 1 aliphatic heterocycles. The summed E-state index contributed by atoms with van der Waals surface area (Å²) in [4.78, 5) is 1.45. The molecule has 1 aliphatic rings. The molecule has 2 nitrogen and oxygen atoms in total. The first-order chi connectivity index (χ1) is 6.97. The molecule has 0 aromatic carbocycles. The molecule has 1 rings (SSSR count). The van der Waals surface area contributed by atoms with E-state index in [1.807, 2.05) is 6.92 Å². The van der Waals surface area contributed by atoms with Crippen molar-refractivity contribution in [3.63, 3.8) is 0 Å². The Morgan fingerprint density at radius 1 is 1.47 bits per heavy atom. The lowest BCUT2D eigenvalue weighted by atomic mass is 10.1. The summed E-state index contributed by atoms with van der Waals surface area (Å²) in [7, 11) is 0. The zero-order valence-electron chi connectivity index (χ0n) is 8.65. The van der Waals surface area contributed by atoms with Crippen molar-refractivity contribution in [2.75, 3.05) is 26.2 Å². The summed E-state index contributed by atoms with van der Waals surface area (Å²) in [5, 5.41) is 3.06. The van der Waals surface area contributed by atoms with Gasteiger partial charge in [-0.3, -0.25) is 4.90 Å². The van der Waals surface area contributed by atoms with Gasteiger partial charge in [0, 0.05) is 25.7 Å². The number of alkyl halides is 4. The minimum Gasteiger partial charge on any atom is -0.314 e. The fourth-order valence-corrected chi connectivity index (χ4v) is 1.75. The summed E-state index contributed by atoms with van der Waals surface area (Å²) >= 11 is 0. The van der Waals surface area contributed by atoms with Crippen LogP contribution >= 0.6 is 0 Å². The molecule has 0 aliphatic carbocycles. The maximum Gasteiger partial charge on any atom is 0.319 e. The van der Waals surface area contributed by atoms with Gasteiger partial charge in [-0.05, 0) is 6.42 Å². The van der Waals surface area contributed by atoms with Gasteiger partial charge in [-0.25, -0.2) is 8.78 Å². The van der Waals surface area contributed by atoms with Crippen LogP contribution in [0.15, 0.2) is 0 Å². The van der Waals surface area contributed by atoms with Gasteiger partial charge in [0.25, 0.3) is 0 Å². The van der Waals surface area contributed by atoms with Crippen LogP contribution in [0.1, 0.15) is 13.3 Å². The number of hydrogen-bond acceptors (Lipinski definition) is 2. The molecule has 15 heavy (non-hydrogen) atoms. The minimum atomic E-state index is -3.90. The predicted molar refractivity (Wildman–Crippen MR) is 49.5 cm³/mol. The van der Waals surface area contributed by atoms with Gasteiger partial charge in [-0.15, -0.1) is 0 Å². The van der Waals surface area contributed by atoms with E-state index in [0.717, 1.165) is 0 Å². The smallest absolute Gasteiger partial charge is 0.314 e. The Balaban J connectivity index is 2.54. The second kappa shape index (κ2) is 5.12. The molecule has 0 radical (unpaired) electrons. The van der Waals surface area contributed by atoms with Gasteiger partial charge in [0.05, 0.1) is 6.54 Å². The molecule has 0 amide bonds. The van der Waals surface area contributed by atoms with Crippen LogP contribution in [0.4, 0.5) is 17.6 Å². The lowest BCUT2D eigenvalue weighted by Gasteiger charge is -2.37. The van der Waals surface area contributed by atoms with Gasteiger partial charge >= 0.3 is 12.3 Å². The van der Waals surface area contributed by atoms with Crippen molar-refractivity contribution in [3.05, 3.63) is 0 Å². The fourth-order valence-electron chi connectivity index (χ4n) is 1.75. The number of nitrogens with zero attached hydrogens (tertiary/aromatic N) is 1. The summed E-state index contributed by atoms with van der Waals surface area (Å²) in [6, 6.07) is -0.0663. The molecule has 0 bridgehead atoms. The van der Waals surface area contributed by atoms with Gasteiger partial charge in [0.2, 0.25) is 0 Å². The third-order valence-electron chi connectivity index (χ3n) is 2.68. The molecule has 0 saturated carbocycles. The highest BCUT2D eigenvalue weighted by atomic mass is 19.3. The normalized spacial score (nSPS) is 24.8. The van der Waals surface area contributed by atoms with E-state index in [1.165, 1.54) is 4.90 Å². The third kappa shape index (κ3) is 3.31. The highest BCUT2D eigenvalue weighted by Crippen LogP contribution is 2.25. The Labute approximate surface area is 86.6 Å². The van der Waals surface area contributed by atoms with Crippen LogP contribution in [-0.2, 0) is 0 Å². The van der Waals surface area contributed by atoms with Crippen LogP contribution in [-0.4, -0.2) is 49.5 Å². The van der Waals surface area contributed by atoms with Crippen molar-refractivity contribution < 1.29 is 17.6 Å². The third-order valence-corrected chi connectivity index (χ3v) is 2.68. The Hall–Kier alpha value is -0.360. The summed E-state index contributed by atoms with van der Waals surface area (Å²) in [6.45, 7) is 2.60. The Bertz CT molecular complexity index is 199. The first kappa shape index (κ1) is 12.7. The molecule has 1 unspecified atom stereocenters. The first-order valence-electron chi connectivity index (χ1n) is 5.08. The average molecular weight is 228 g/mol. The Kier molecular flexibility index (Phi) is 4.33. The first-order valence-corrected chi connectivity index (χ1v) is 5.08. The summed E-state index contributed by atoms with van der Waals surface area (Å²) in [6.07, 6.45) is -2.89. The molecule has 6 heteroatoms. The Morgan fingerprint density at radius 3 is 2.67 bits per heavy atom. The minimum absolute atomic E-state index is 0.0663. The van der Waals surface area contributed by atoms with E-state index in [0.29, 0.717) is 26.1 Å². The van der Waals surface area contributed by atoms with Gasteiger partial charge in [0.15, 0.2) is 0 Å². The molecule has 1 heterocycles. The second-order valence-corrected chi connectivity index (χ2v) is 3.80. The van der Waals surface area contributed by atoms with Crippen LogP contribution in [0.5, 0.6) is 0 Å². The Morgan fingerprint density at radius 2 is 2.13 bits per heavy atom. The van der Waals surface area contributed by atoms with E-state index in [-0.39, 0.29) is 6.04 Å². The summed E-state index contributed by atoms with van der Waals surface area (Å²) in [5.74, 6) is -3.90. The molecular formula is C9H16F4N2. The molecule has 1 saturated heterocycles. The van der Waals surface area contributed by atoms with Gasteiger partial charge in [-0.2, -0.15) is 8.78 Å². The van der Waals surface area contributed by atoms with Gasteiger partial charge in [0.1, 0.15) is 0 Å². The van der Waals surface area contributed by atoms with E-state index in [1.54, 1.807) is 0 Å². The summed E-state index contributed by atoms with van der Waals surface area (Å²) in [5.41, 5.74) is 0. The molecule has 1 atom stereocenters. The van der Waals surface area contributed by atoms with Crippen LogP contribution in [0.2, 0.25) is 0 Å². The van der Waals surface area contributed by atoms with Crippen molar-refractivity contribution in [2.24, 2.45) is 0 Å². The molecule has 1 N–H and O–H groups in total. The number of halogens is 4. The van der Waals surface area contributed by atoms with Crippen molar-refractivity contribution in [3.8, 4) is 0 Å². The second-order valence-electron chi connectivity index (χ2n) is 3.80. The standard InChI is InChI=1S/C9H16F4N2/c1-2-7-5-14-3-4-15(7)6-9(12,13)8(10)11/h7-8,14H,2-6H2,1H3. The average Bonchev–Trinajstić information content (AvgIpc) is 2.18. The number of piperazine rings is 1. The van der Waals surface area contributed by atoms with Crippen LogP contribution in [0, 0.1) is 0 Å². The topological polar surface area (TPSA) is 15.3 Å². The highest BCUT2D eigenvalue weighted by Gasteiger charge is 2.43. The van der Waals surface area contributed by atoms with Crippen molar-refractivity contribution in [2.45, 2.75) is 31.7 Å². The molecule has 0 aromatic heterocycles. The molecule has 90 valence electrons. The maximum absolute atomic E-state index is 12.8. The van der Waals surface area contributed by atoms with Crippen molar-refractivity contribution >= 4 is 0 Å². The van der Waals surface area contributed by atoms with Gasteiger partial charge in [-0.1, -0.05) is 6.92 Å². The van der Waals surface area contributed by atoms with Gasteiger partial charge < -0.3 is 5.32 Å². The molecule has 0 spiro atoms. The van der Waals surface area contributed by atoms with Crippen LogP contribution < -0.4 is 5.32 Å². The van der Waals surface area contributed by atoms with Crippen molar-refractivity contribution in [1.29, 1.82) is 0 Å². The lowest BCUT2D eigenvalue weighted by molar-refractivity contribution is -0.147. The highest BCUT2D eigenvalue weighted by molar-refractivity contribution is 4.84. The SMILES string of the molecule is CCC1CNCCN1CC(F)(F)C(F)F. The fraction of sp³-hybridized carbons (Fsp3) is 1.00. The van der Waals surface area contributed by atoms with E-state index in [4.69, 9.17) is 0 Å². The van der Waals surface area contributed by atoms with E-state index in [9.17, 15) is 17.6 Å². The van der Waals surface area contributed by atoms with E-state index < -0.39 is 18.9 Å². The predicted octanol–water partition coefficient (Wildman–Crippen LogP) is 1.57. The monoisotopic (exact) mass is 228 g/mol. The molecular weight excluding hydrogens is 212 g/mol. The largest absolute Gasteiger partial charge is 0.319 e. The lowest BCUT2D eigenvalue weighted by Crippen LogP contribution is -2.55. The number of hydrogen-bond donors (Lipinski definition) is 1. The van der Waals surface area contributed by atoms with Crippen molar-refractivity contribution in [1.82, 2.24) is 10.2 Å². The van der Waals surface area contributed by atoms with E-state index >= 15 is 0 Å². The number of nitrogens with one attached hydrogen (secondary N) is 1. The van der Waals surface area contributed by atoms with Crippen LogP contribution in [0.3, 0.4) is 0 Å². The summed E-state index contributed by atoms with van der Waals surface area (Å²) < 4.78 is 49.7. The quantitative estimate of drug-likeness (QED) is 0.735. The maximum atomic E-state index is 12.8. The van der Waals surface area contributed by atoms with E-state index in [2.05, 4.69) is 5.32 Å². The number of rotatable bonds is 4. The van der Waals surface area contributed by atoms with Crippen LogP contribution in [0.25, 0.3) is 0 Å². The zero-order valence-corrected chi connectivity index (χ0v) is 8.65. The zero-order chi connectivity index (χ0) is 11.5. The molecule has 0 aromatic rings. The molecule has 1 fully saturated rings.